The molecule has 1 N–H and O–H groups in total. The highest BCUT2D eigenvalue weighted by Crippen LogP contribution is 2.32. The van der Waals surface area contributed by atoms with E-state index in [9.17, 15) is 4.79 Å². The zero-order chi connectivity index (χ0) is 19.5. The molecule has 0 saturated carbocycles. The van der Waals surface area contributed by atoms with Crippen LogP contribution in [0.3, 0.4) is 0 Å². The van der Waals surface area contributed by atoms with Crippen LogP contribution < -0.4 is 0 Å². The van der Waals surface area contributed by atoms with Crippen LogP contribution in [0.15, 0.2) is 35.6 Å². The maximum atomic E-state index is 12.1. The number of hydrogen-bond acceptors (Lipinski definition) is 6. The maximum absolute atomic E-state index is 12.1. The van der Waals surface area contributed by atoms with Gasteiger partial charge in [-0.05, 0) is 32.8 Å². The number of carbonyl (C=O) groups is 1. The van der Waals surface area contributed by atoms with Crippen molar-refractivity contribution in [1.29, 1.82) is 0 Å². The third-order valence-electron chi connectivity index (χ3n) is 4.86. The van der Waals surface area contributed by atoms with Gasteiger partial charge in [0.05, 0.1) is 19.3 Å². The zero-order valence-electron chi connectivity index (χ0n) is 16.1. The monoisotopic (exact) mass is 400 g/mol. The van der Waals surface area contributed by atoms with Gasteiger partial charge in [-0.25, -0.2) is 0 Å². The molecule has 1 aliphatic rings. The maximum Gasteiger partial charge on any atom is 0.319 e. The fraction of sp³-hybridized carbons (Fsp3) is 0.450. The van der Waals surface area contributed by atoms with Gasteiger partial charge in [-0.1, -0.05) is 30.0 Å². The van der Waals surface area contributed by atoms with Crippen molar-refractivity contribution in [1.82, 2.24) is 19.7 Å². The van der Waals surface area contributed by atoms with Crippen LogP contribution in [0.1, 0.15) is 26.7 Å². The average molecular weight is 401 g/mol. The molecule has 2 unspecified atom stereocenters. The molecule has 3 heterocycles. The largest absolute Gasteiger partial charge is 0.465 e. The summed E-state index contributed by atoms with van der Waals surface area (Å²) in [4.78, 5) is 15.4. The highest BCUT2D eigenvalue weighted by molar-refractivity contribution is 8.00. The van der Waals surface area contributed by atoms with Crippen molar-refractivity contribution >= 4 is 28.6 Å². The van der Waals surface area contributed by atoms with Gasteiger partial charge in [-0.3, -0.25) is 9.36 Å². The van der Waals surface area contributed by atoms with Gasteiger partial charge in [0.1, 0.15) is 5.25 Å². The van der Waals surface area contributed by atoms with E-state index in [1.807, 2.05) is 38.2 Å². The molecule has 0 bridgehead atoms. The average Bonchev–Trinajstić information content (AvgIpc) is 3.43. The number of rotatable bonds is 7. The fourth-order valence-corrected chi connectivity index (χ4v) is 4.31. The highest BCUT2D eigenvalue weighted by Gasteiger charge is 2.25. The first-order chi connectivity index (χ1) is 13.7. The lowest BCUT2D eigenvalue weighted by Crippen LogP contribution is -2.20. The van der Waals surface area contributed by atoms with Gasteiger partial charge in [-0.15, -0.1) is 10.2 Å². The molecule has 7 nitrogen and oxygen atoms in total. The third kappa shape index (κ3) is 3.79. The van der Waals surface area contributed by atoms with E-state index in [-0.39, 0.29) is 17.3 Å². The SMILES string of the molecule is CCOC(=O)C(C)Sc1nnc(-c2c[nH]c3ccccc23)n1CC1CCCO1. The third-order valence-corrected chi connectivity index (χ3v) is 5.92. The standard InChI is InChI=1S/C20H24N4O3S/c1-3-26-19(25)13(2)28-20-23-22-18(24(20)12-14-7-6-10-27-14)16-11-21-17-9-5-4-8-15(16)17/h4-5,8-9,11,13-14,21H,3,6-7,10,12H2,1-2H3. The number of nitrogens with zero attached hydrogens (tertiary/aromatic N) is 3. The summed E-state index contributed by atoms with van der Waals surface area (Å²) in [5.74, 6) is 0.541. The van der Waals surface area contributed by atoms with Crippen LogP contribution in [0.5, 0.6) is 0 Å². The summed E-state index contributed by atoms with van der Waals surface area (Å²) in [5.41, 5.74) is 2.05. The number of ether oxygens (including phenoxy) is 2. The second-order valence-corrected chi connectivity index (χ2v) is 8.12. The Bertz CT molecular complexity index is 961. The van der Waals surface area contributed by atoms with Gasteiger partial charge < -0.3 is 14.5 Å². The second-order valence-electron chi connectivity index (χ2n) is 6.81. The molecule has 1 saturated heterocycles. The molecule has 4 rings (SSSR count). The Hall–Kier alpha value is -2.32. The zero-order valence-corrected chi connectivity index (χ0v) is 16.9. The Balaban J connectivity index is 1.69. The summed E-state index contributed by atoms with van der Waals surface area (Å²) in [6, 6.07) is 8.12. The van der Waals surface area contributed by atoms with Crippen LogP contribution in [0, 0.1) is 0 Å². The number of nitrogens with one attached hydrogen (secondary N) is 1. The van der Waals surface area contributed by atoms with Gasteiger partial charge in [0.15, 0.2) is 11.0 Å². The van der Waals surface area contributed by atoms with E-state index in [1.54, 1.807) is 0 Å². The highest BCUT2D eigenvalue weighted by atomic mass is 32.2. The Labute approximate surface area is 167 Å². The van der Waals surface area contributed by atoms with Crippen molar-refractivity contribution in [2.24, 2.45) is 0 Å². The van der Waals surface area contributed by atoms with Crippen LogP contribution in [-0.4, -0.2) is 50.3 Å². The topological polar surface area (TPSA) is 82.0 Å². The summed E-state index contributed by atoms with van der Waals surface area (Å²) in [6.07, 6.45) is 4.18. The number of H-pyrrole nitrogens is 1. The number of hydrogen-bond donors (Lipinski definition) is 1. The van der Waals surface area contributed by atoms with Gasteiger partial charge >= 0.3 is 5.97 Å². The molecule has 1 aliphatic heterocycles. The van der Waals surface area contributed by atoms with E-state index < -0.39 is 0 Å². The second kappa shape index (κ2) is 8.36. The minimum atomic E-state index is -0.358. The predicted octanol–water partition coefficient (Wildman–Crippen LogP) is 3.65. The molecular weight excluding hydrogens is 376 g/mol. The molecule has 0 radical (unpaired) electrons. The number of aromatic nitrogens is 4. The van der Waals surface area contributed by atoms with Crippen LogP contribution in [0.2, 0.25) is 0 Å². The Morgan fingerprint density at radius 2 is 2.29 bits per heavy atom. The van der Waals surface area contributed by atoms with E-state index in [1.165, 1.54) is 11.8 Å². The Morgan fingerprint density at radius 3 is 3.07 bits per heavy atom. The lowest BCUT2D eigenvalue weighted by Gasteiger charge is -2.16. The van der Waals surface area contributed by atoms with Crippen molar-refractivity contribution in [3.8, 4) is 11.4 Å². The van der Waals surface area contributed by atoms with E-state index in [0.717, 1.165) is 41.7 Å². The van der Waals surface area contributed by atoms with E-state index in [4.69, 9.17) is 9.47 Å². The minimum absolute atomic E-state index is 0.136. The molecule has 1 fully saturated rings. The van der Waals surface area contributed by atoms with Gasteiger partial charge in [0.25, 0.3) is 0 Å². The first kappa shape index (κ1) is 19.0. The molecular formula is C20H24N4O3S. The van der Waals surface area contributed by atoms with E-state index in [2.05, 4.69) is 25.8 Å². The van der Waals surface area contributed by atoms with Gasteiger partial charge in [0.2, 0.25) is 0 Å². The number of benzene rings is 1. The van der Waals surface area contributed by atoms with Crippen molar-refractivity contribution < 1.29 is 14.3 Å². The molecule has 28 heavy (non-hydrogen) atoms. The van der Waals surface area contributed by atoms with Crippen molar-refractivity contribution in [2.75, 3.05) is 13.2 Å². The number of para-hydroxylation sites is 1. The normalized spacial score (nSPS) is 17.9. The Kier molecular flexibility index (Phi) is 5.68. The van der Waals surface area contributed by atoms with E-state index >= 15 is 0 Å². The quantitative estimate of drug-likeness (QED) is 0.482. The minimum Gasteiger partial charge on any atom is -0.465 e. The van der Waals surface area contributed by atoms with Crippen molar-refractivity contribution in [3.05, 3.63) is 30.5 Å². The van der Waals surface area contributed by atoms with Crippen LogP contribution in [0.25, 0.3) is 22.3 Å². The number of esters is 1. The molecule has 2 aromatic heterocycles. The number of aromatic amines is 1. The van der Waals surface area contributed by atoms with Gasteiger partial charge in [-0.2, -0.15) is 0 Å². The van der Waals surface area contributed by atoms with E-state index in [0.29, 0.717) is 18.3 Å². The molecule has 148 valence electrons. The Morgan fingerprint density at radius 1 is 1.43 bits per heavy atom. The fourth-order valence-electron chi connectivity index (χ4n) is 3.45. The van der Waals surface area contributed by atoms with Gasteiger partial charge in [0, 0.05) is 29.3 Å². The van der Waals surface area contributed by atoms with Crippen LogP contribution in [-0.2, 0) is 20.8 Å². The lowest BCUT2D eigenvalue weighted by molar-refractivity contribution is -0.142. The summed E-state index contributed by atoms with van der Waals surface area (Å²) in [6.45, 7) is 5.47. The van der Waals surface area contributed by atoms with Crippen molar-refractivity contribution in [3.63, 3.8) is 0 Å². The molecule has 1 aromatic carbocycles. The number of fused-ring (bicyclic) bond motifs is 1. The summed E-state index contributed by atoms with van der Waals surface area (Å²) >= 11 is 1.37. The summed E-state index contributed by atoms with van der Waals surface area (Å²) in [5, 5.41) is 10.3. The summed E-state index contributed by atoms with van der Waals surface area (Å²) < 4.78 is 13.1. The predicted molar refractivity (Wildman–Crippen MR) is 108 cm³/mol. The van der Waals surface area contributed by atoms with Crippen LogP contribution in [0.4, 0.5) is 0 Å². The molecule has 0 aliphatic carbocycles. The molecule has 3 aromatic rings. The first-order valence-corrected chi connectivity index (χ1v) is 10.5. The first-order valence-electron chi connectivity index (χ1n) is 9.62. The van der Waals surface area contributed by atoms with Crippen LogP contribution >= 0.6 is 11.8 Å². The molecule has 0 amide bonds. The lowest BCUT2D eigenvalue weighted by atomic mass is 10.1. The molecule has 2 atom stereocenters. The molecule has 8 heteroatoms. The smallest absolute Gasteiger partial charge is 0.319 e. The number of thioether (sulfide) groups is 1. The molecule has 0 spiro atoms. The number of carbonyl (C=O) groups excluding carboxylic acids is 1. The summed E-state index contributed by atoms with van der Waals surface area (Å²) in [7, 11) is 0. The van der Waals surface area contributed by atoms with Crippen molar-refractivity contribution in [2.45, 2.75) is 49.7 Å².